The molecule has 7 aromatic rings. The molecule has 0 fully saturated rings. The van der Waals surface area contributed by atoms with Crippen LogP contribution in [0.3, 0.4) is 0 Å². The number of hydrogen-bond donors (Lipinski definition) is 0. The molecule has 0 bridgehead atoms. The van der Waals surface area contributed by atoms with Crippen LogP contribution in [0.15, 0.2) is 219 Å². The highest BCUT2D eigenvalue weighted by Crippen LogP contribution is 2.43. The monoisotopic (exact) mass is 863 g/mol. The van der Waals surface area contributed by atoms with E-state index in [1.54, 1.807) is 0 Å². The van der Waals surface area contributed by atoms with E-state index in [9.17, 15) is 0 Å². The fourth-order valence-electron chi connectivity index (χ4n) is 7.41. The Kier molecular flexibility index (Phi) is 19.8. The lowest BCUT2D eigenvalue weighted by Gasteiger charge is -2.22. The number of benzene rings is 7. The van der Waals surface area contributed by atoms with Crippen LogP contribution in [0.1, 0.15) is 121 Å². The number of hydrogen-bond acceptors (Lipinski definition) is 0. The Morgan fingerprint density at radius 3 is 1.02 bits per heavy atom. The lowest BCUT2D eigenvalue weighted by atomic mass is 9.82. The average Bonchev–Trinajstić information content (AvgIpc) is 3.33. The molecule has 0 unspecified atom stereocenters. The third-order valence-corrected chi connectivity index (χ3v) is 10.7. The van der Waals surface area contributed by atoms with Crippen LogP contribution < -0.4 is 5.46 Å². The highest BCUT2D eigenvalue weighted by Gasteiger charge is 2.20. The Labute approximate surface area is 401 Å². The van der Waals surface area contributed by atoms with E-state index in [4.69, 9.17) is 7.85 Å². The smallest absolute Gasteiger partial charge is 0.0984 e. The summed E-state index contributed by atoms with van der Waals surface area (Å²) >= 11 is 0. The van der Waals surface area contributed by atoms with Crippen LogP contribution in [0.25, 0.3) is 39.0 Å². The molecule has 0 atom stereocenters. The van der Waals surface area contributed by atoms with E-state index in [0.717, 1.165) is 44.4 Å². The summed E-state index contributed by atoms with van der Waals surface area (Å²) in [4.78, 5) is 0. The van der Waals surface area contributed by atoms with E-state index in [1.807, 2.05) is 44.2 Å². The van der Waals surface area contributed by atoms with Gasteiger partial charge in [0, 0.05) is 0 Å². The standard InChI is InChI=1S/C48H40.C10H13B.C5H12.C2H6/c1-5-45(46(42-27-17-9-18-28-42)35(2)38-21-11-6-12-22-38)41-31-33-44(34-32-41)48(37(4)40-25-15-8-16-26-40)47(43-29-19-10-20-30-43)36(3)39-23-13-7-14-24-39;1-10(2,3)8-4-6-9(11)7-5-8;1-5(2,3)4;1-2/h5-34H,1-2H2,3-4H3;4-7H,1-3H3;1-4H3;1-2H3/b46-45-,47-36+,48-37+;;;. The molecule has 0 nitrogen and oxygen atoms in total. The minimum absolute atomic E-state index is 0.230. The van der Waals surface area contributed by atoms with Gasteiger partial charge in [-0.3, -0.25) is 0 Å². The Hall–Kier alpha value is -6.70. The highest BCUT2D eigenvalue weighted by molar-refractivity contribution is 6.32. The first-order valence-electron chi connectivity index (χ1n) is 23.3. The van der Waals surface area contributed by atoms with Crippen molar-refractivity contribution in [3.05, 3.63) is 264 Å². The summed E-state index contributed by atoms with van der Waals surface area (Å²) in [6, 6.07) is 70.1. The Morgan fingerprint density at radius 1 is 0.394 bits per heavy atom. The zero-order valence-electron chi connectivity index (χ0n) is 41.6. The molecule has 0 saturated carbocycles. The Bertz CT molecular complexity index is 2640. The molecule has 0 aliphatic carbocycles. The molecule has 334 valence electrons. The van der Waals surface area contributed by atoms with Crippen LogP contribution in [0.2, 0.25) is 0 Å². The molecule has 7 aromatic carbocycles. The van der Waals surface area contributed by atoms with Gasteiger partial charge < -0.3 is 0 Å². The molecule has 0 aliphatic rings. The zero-order chi connectivity index (χ0) is 48.3. The second kappa shape index (κ2) is 25.1. The maximum atomic E-state index is 5.57. The second-order valence-corrected chi connectivity index (χ2v) is 18.8. The molecule has 0 aromatic heterocycles. The molecule has 66 heavy (non-hydrogen) atoms. The van der Waals surface area contributed by atoms with Crippen molar-refractivity contribution in [3.8, 4) is 0 Å². The first-order valence-corrected chi connectivity index (χ1v) is 23.3. The van der Waals surface area contributed by atoms with E-state index in [2.05, 4.69) is 251 Å². The van der Waals surface area contributed by atoms with E-state index >= 15 is 0 Å². The minimum Gasteiger partial charge on any atom is -0.0984 e. The van der Waals surface area contributed by atoms with Crippen LogP contribution in [-0.2, 0) is 5.41 Å². The summed E-state index contributed by atoms with van der Waals surface area (Å²) in [5, 5.41) is 0. The summed E-state index contributed by atoms with van der Waals surface area (Å²) in [6.45, 7) is 32.7. The van der Waals surface area contributed by atoms with Crippen LogP contribution in [0.5, 0.6) is 0 Å². The average molecular weight is 863 g/mol. The van der Waals surface area contributed by atoms with Crippen LogP contribution in [0, 0.1) is 5.41 Å². The fourth-order valence-corrected chi connectivity index (χ4v) is 7.41. The second-order valence-electron chi connectivity index (χ2n) is 18.8. The van der Waals surface area contributed by atoms with Crippen LogP contribution in [-0.4, -0.2) is 7.85 Å². The lowest BCUT2D eigenvalue weighted by molar-refractivity contribution is 0.469. The zero-order valence-corrected chi connectivity index (χ0v) is 41.6. The summed E-state index contributed by atoms with van der Waals surface area (Å²) in [7, 11) is 5.57. The predicted molar refractivity (Wildman–Crippen MR) is 297 cm³/mol. The normalized spacial score (nSPS) is 12.2. The quantitative estimate of drug-likeness (QED) is 0.0730. The van der Waals surface area contributed by atoms with Gasteiger partial charge in [0.05, 0.1) is 0 Å². The summed E-state index contributed by atoms with van der Waals surface area (Å²) in [5.74, 6) is 0. The van der Waals surface area contributed by atoms with Gasteiger partial charge in [0.2, 0.25) is 0 Å². The van der Waals surface area contributed by atoms with Gasteiger partial charge >= 0.3 is 0 Å². The number of allylic oxidation sites excluding steroid dienone is 8. The van der Waals surface area contributed by atoms with Crippen molar-refractivity contribution in [1.29, 1.82) is 0 Å². The van der Waals surface area contributed by atoms with Crippen molar-refractivity contribution < 1.29 is 0 Å². The van der Waals surface area contributed by atoms with E-state index in [-0.39, 0.29) is 5.41 Å². The first kappa shape index (κ1) is 51.9. The van der Waals surface area contributed by atoms with Gasteiger partial charge in [-0.2, -0.15) is 0 Å². The van der Waals surface area contributed by atoms with E-state index < -0.39 is 0 Å². The molecule has 0 aliphatic heterocycles. The van der Waals surface area contributed by atoms with Crippen molar-refractivity contribution in [2.45, 2.75) is 81.6 Å². The molecule has 0 spiro atoms. The topological polar surface area (TPSA) is 0 Å². The largest absolute Gasteiger partial charge is 0.113 e. The summed E-state index contributed by atoms with van der Waals surface area (Å²) in [5.41, 5.74) is 18.9. The molecule has 7 rings (SSSR count). The molecule has 0 saturated heterocycles. The first-order chi connectivity index (χ1) is 31.6. The number of rotatable bonds is 10. The van der Waals surface area contributed by atoms with Gasteiger partial charge in [-0.25, -0.2) is 0 Å². The molecule has 1 heteroatoms. The van der Waals surface area contributed by atoms with Crippen molar-refractivity contribution in [2.75, 3.05) is 0 Å². The maximum Gasteiger partial charge on any atom is 0.113 e. The fraction of sp³-hybridized carbons (Fsp3) is 0.200. The van der Waals surface area contributed by atoms with Crippen LogP contribution in [0.4, 0.5) is 0 Å². The minimum atomic E-state index is 0.230. The van der Waals surface area contributed by atoms with Crippen molar-refractivity contribution in [3.63, 3.8) is 0 Å². The van der Waals surface area contributed by atoms with E-state index in [0.29, 0.717) is 5.41 Å². The lowest BCUT2D eigenvalue weighted by Crippen LogP contribution is -2.12. The molecular weight excluding hydrogens is 792 g/mol. The predicted octanol–water partition coefficient (Wildman–Crippen LogP) is 17.9. The molecule has 2 radical (unpaired) electrons. The molecule has 0 heterocycles. The Morgan fingerprint density at radius 2 is 0.682 bits per heavy atom. The third-order valence-electron chi connectivity index (χ3n) is 10.7. The van der Waals surface area contributed by atoms with E-state index in [1.165, 1.54) is 44.5 Å². The molecule has 0 N–H and O–H groups in total. The molecular formula is C65H71B. The van der Waals surface area contributed by atoms with Gasteiger partial charge in [0.1, 0.15) is 7.85 Å². The van der Waals surface area contributed by atoms with Gasteiger partial charge in [-0.05, 0) is 108 Å². The summed E-state index contributed by atoms with van der Waals surface area (Å²) in [6.07, 6.45) is 1.96. The van der Waals surface area contributed by atoms with Crippen molar-refractivity contribution >= 4 is 52.3 Å². The van der Waals surface area contributed by atoms with Gasteiger partial charge in [0.15, 0.2) is 0 Å². The Balaban J connectivity index is 0.000000445. The summed E-state index contributed by atoms with van der Waals surface area (Å²) < 4.78 is 0. The van der Waals surface area contributed by atoms with Crippen LogP contribution >= 0.6 is 0 Å². The van der Waals surface area contributed by atoms with Crippen molar-refractivity contribution in [1.82, 2.24) is 0 Å². The van der Waals surface area contributed by atoms with Crippen molar-refractivity contribution in [2.24, 2.45) is 5.41 Å². The third kappa shape index (κ3) is 15.2. The highest BCUT2D eigenvalue weighted by atomic mass is 14.2. The van der Waals surface area contributed by atoms with Gasteiger partial charge in [0.25, 0.3) is 0 Å². The maximum absolute atomic E-state index is 5.57. The van der Waals surface area contributed by atoms with Gasteiger partial charge in [-0.1, -0.05) is 287 Å². The SMILES string of the molecule is C=C/C(=C(\C(=C)c1ccccc1)c1ccccc1)c1ccc(C(=C(/C)c2ccccc2)/C(=C(\C)c2ccccc2)c2ccccc2)cc1.CC.CC(C)(C)C.[B]c1ccc(C(C)(C)C)cc1. The molecule has 0 amide bonds. The van der Waals surface area contributed by atoms with Gasteiger partial charge in [-0.15, -0.1) is 0 Å².